The van der Waals surface area contributed by atoms with Gasteiger partial charge in [-0.2, -0.15) is 0 Å². The highest BCUT2D eigenvalue weighted by Crippen LogP contribution is 2.05. The van der Waals surface area contributed by atoms with E-state index in [2.05, 4.69) is 22.6 Å². The fourth-order valence-electron chi connectivity index (χ4n) is 0.481. The van der Waals surface area contributed by atoms with Crippen molar-refractivity contribution in [2.24, 2.45) is 0 Å². The van der Waals surface area contributed by atoms with Gasteiger partial charge in [0, 0.05) is 0 Å². The Morgan fingerprint density at radius 1 is 1.78 bits per heavy atom. The van der Waals surface area contributed by atoms with Gasteiger partial charge in [0.05, 0.1) is 12.7 Å². The molecule has 9 heavy (non-hydrogen) atoms. The third-order valence-corrected chi connectivity index (χ3v) is 2.02. The van der Waals surface area contributed by atoms with Gasteiger partial charge in [-0.25, -0.2) is 0 Å². The minimum Gasteiger partial charge on any atom is -0.394 e. The number of aliphatic hydroxyl groups excluding tert-OH is 2. The molecule has 0 aromatic rings. The normalized spacial score (nSPS) is 15.8. The number of hydrogen-bond acceptors (Lipinski definition) is 2. The van der Waals surface area contributed by atoms with Crippen LogP contribution in [0.4, 0.5) is 0 Å². The molecule has 0 aromatic heterocycles. The van der Waals surface area contributed by atoms with Crippen LogP contribution in [0.15, 0.2) is 9.66 Å². The van der Waals surface area contributed by atoms with Gasteiger partial charge in [0.2, 0.25) is 0 Å². The van der Waals surface area contributed by atoms with Gasteiger partial charge >= 0.3 is 0 Å². The van der Waals surface area contributed by atoms with Crippen molar-refractivity contribution in [3.8, 4) is 0 Å². The first-order chi connectivity index (χ1) is 4.20. The van der Waals surface area contributed by atoms with E-state index in [1.165, 1.54) is 0 Å². The molecule has 0 aliphatic heterocycles. The Bertz CT molecular complexity index is 101. The Labute approximate surface area is 68.7 Å². The zero-order valence-corrected chi connectivity index (χ0v) is 7.50. The van der Waals surface area contributed by atoms with E-state index in [-0.39, 0.29) is 6.61 Å². The van der Waals surface area contributed by atoms with Crippen molar-refractivity contribution < 1.29 is 10.2 Å². The van der Waals surface area contributed by atoms with Crippen molar-refractivity contribution in [2.75, 3.05) is 6.61 Å². The van der Waals surface area contributed by atoms with Gasteiger partial charge < -0.3 is 10.2 Å². The van der Waals surface area contributed by atoms with E-state index < -0.39 is 6.10 Å². The number of rotatable bonds is 3. The maximum absolute atomic E-state index is 8.87. The summed E-state index contributed by atoms with van der Waals surface area (Å²) >= 11 is 2.11. The minimum atomic E-state index is -0.587. The maximum Gasteiger partial charge on any atom is 0.0808 e. The third-order valence-electron chi connectivity index (χ3n) is 0.955. The van der Waals surface area contributed by atoms with Gasteiger partial charge in [0.25, 0.3) is 0 Å². The lowest BCUT2D eigenvalue weighted by molar-refractivity contribution is 0.0955. The summed E-state index contributed by atoms with van der Waals surface area (Å²) in [4.78, 5) is 0. The molecule has 0 amide bonds. The predicted octanol–water partition coefficient (Wildman–Crippen LogP) is 1.07. The summed E-state index contributed by atoms with van der Waals surface area (Å²) in [5.41, 5.74) is 1.09. The summed E-state index contributed by atoms with van der Waals surface area (Å²) < 4.78 is 1.90. The van der Waals surface area contributed by atoms with E-state index >= 15 is 0 Å². The van der Waals surface area contributed by atoms with E-state index in [1.807, 2.05) is 11.0 Å². The highest BCUT2D eigenvalue weighted by molar-refractivity contribution is 14.1. The zero-order chi connectivity index (χ0) is 7.28. The Morgan fingerprint density at radius 2 is 2.33 bits per heavy atom. The standard InChI is InChI=1S/C6H11IO2/c1-5(3-7)2-6(9)4-8/h3,6,8-9H,2,4H2,1H3/b5-3-/t6-/m0/s1. The second kappa shape index (κ2) is 5.20. The van der Waals surface area contributed by atoms with Crippen molar-refractivity contribution >= 4 is 22.6 Å². The number of halogens is 1. The SMILES string of the molecule is C/C(=C/I)C[C@H](O)CO. The molecule has 54 valence electrons. The molecule has 0 radical (unpaired) electrons. The molecule has 0 saturated heterocycles. The molecule has 2 nitrogen and oxygen atoms in total. The van der Waals surface area contributed by atoms with Crippen molar-refractivity contribution in [1.29, 1.82) is 0 Å². The molecule has 0 heterocycles. The molecule has 0 unspecified atom stereocenters. The summed E-state index contributed by atoms with van der Waals surface area (Å²) in [7, 11) is 0. The number of hydrogen-bond donors (Lipinski definition) is 2. The van der Waals surface area contributed by atoms with Crippen molar-refractivity contribution in [3.05, 3.63) is 9.66 Å². The molecule has 0 fully saturated rings. The van der Waals surface area contributed by atoms with Gasteiger partial charge in [-0.15, -0.1) is 0 Å². The molecular formula is C6H11IO2. The summed E-state index contributed by atoms with van der Waals surface area (Å²) in [6.07, 6.45) is -0.0181. The Morgan fingerprint density at radius 3 is 2.67 bits per heavy atom. The lowest BCUT2D eigenvalue weighted by Gasteiger charge is -2.04. The summed E-state index contributed by atoms with van der Waals surface area (Å²) in [5, 5.41) is 17.3. The van der Waals surface area contributed by atoms with Crippen LogP contribution < -0.4 is 0 Å². The van der Waals surface area contributed by atoms with E-state index in [9.17, 15) is 0 Å². The molecule has 2 N–H and O–H groups in total. The van der Waals surface area contributed by atoms with Gasteiger partial charge in [0.1, 0.15) is 0 Å². The summed E-state index contributed by atoms with van der Waals surface area (Å²) in [6, 6.07) is 0. The topological polar surface area (TPSA) is 40.5 Å². The molecule has 0 spiro atoms. The smallest absolute Gasteiger partial charge is 0.0808 e. The minimum absolute atomic E-state index is 0.151. The highest BCUT2D eigenvalue weighted by Gasteiger charge is 2.00. The van der Waals surface area contributed by atoms with Crippen LogP contribution >= 0.6 is 22.6 Å². The number of aliphatic hydroxyl groups is 2. The average Bonchev–Trinajstić information content (AvgIpc) is 1.87. The predicted molar refractivity (Wildman–Crippen MR) is 45.5 cm³/mol. The van der Waals surface area contributed by atoms with E-state index in [1.54, 1.807) is 0 Å². The molecule has 3 heteroatoms. The first-order valence-corrected chi connectivity index (χ1v) is 4.00. The van der Waals surface area contributed by atoms with Crippen LogP contribution in [0.3, 0.4) is 0 Å². The summed E-state index contributed by atoms with van der Waals surface area (Å²) in [5.74, 6) is 0. The van der Waals surface area contributed by atoms with Crippen LogP contribution in [0.5, 0.6) is 0 Å². The Hall–Kier alpha value is 0.390. The molecule has 0 saturated carbocycles. The average molecular weight is 242 g/mol. The molecular weight excluding hydrogens is 231 g/mol. The van der Waals surface area contributed by atoms with Crippen molar-refractivity contribution in [3.63, 3.8) is 0 Å². The fraction of sp³-hybridized carbons (Fsp3) is 0.667. The lowest BCUT2D eigenvalue weighted by Crippen LogP contribution is -2.11. The van der Waals surface area contributed by atoms with Crippen LogP contribution in [-0.4, -0.2) is 22.9 Å². The Balaban J connectivity index is 3.47. The van der Waals surface area contributed by atoms with Gasteiger partial charge in [-0.05, 0) is 17.4 Å². The lowest BCUT2D eigenvalue weighted by atomic mass is 10.2. The summed E-state index contributed by atoms with van der Waals surface area (Å²) in [6.45, 7) is 1.77. The first-order valence-electron chi connectivity index (χ1n) is 2.75. The van der Waals surface area contributed by atoms with Gasteiger partial charge in [-0.1, -0.05) is 28.2 Å². The molecule has 0 aliphatic rings. The highest BCUT2D eigenvalue weighted by atomic mass is 127. The quantitative estimate of drug-likeness (QED) is 0.726. The molecule has 0 bridgehead atoms. The molecule has 0 aliphatic carbocycles. The van der Waals surface area contributed by atoms with E-state index in [0.717, 1.165) is 5.57 Å². The first kappa shape index (κ1) is 9.39. The van der Waals surface area contributed by atoms with Gasteiger partial charge in [-0.3, -0.25) is 0 Å². The second-order valence-electron chi connectivity index (χ2n) is 2.00. The largest absolute Gasteiger partial charge is 0.394 e. The molecule has 0 aromatic carbocycles. The molecule has 0 rings (SSSR count). The van der Waals surface area contributed by atoms with Crippen LogP contribution in [0.25, 0.3) is 0 Å². The molecule has 1 atom stereocenters. The van der Waals surface area contributed by atoms with E-state index in [4.69, 9.17) is 10.2 Å². The maximum atomic E-state index is 8.87. The van der Waals surface area contributed by atoms with Crippen LogP contribution in [0.2, 0.25) is 0 Å². The Kier molecular flexibility index (Phi) is 5.42. The monoisotopic (exact) mass is 242 g/mol. The van der Waals surface area contributed by atoms with Crippen LogP contribution in [0, 0.1) is 0 Å². The third kappa shape index (κ3) is 4.87. The second-order valence-corrected chi connectivity index (χ2v) is 2.62. The van der Waals surface area contributed by atoms with Gasteiger partial charge in [0.15, 0.2) is 0 Å². The van der Waals surface area contributed by atoms with E-state index in [0.29, 0.717) is 6.42 Å². The van der Waals surface area contributed by atoms with Crippen LogP contribution in [0.1, 0.15) is 13.3 Å². The van der Waals surface area contributed by atoms with Crippen LogP contribution in [-0.2, 0) is 0 Å². The van der Waals surface area contributed by atoms with Crippen molar-refractivity contribution in [1.82, 2.24) is 0 Å². The fourth-order valence-corrected chi connectivity index (χ4v) is 0.735. The zero-order valence-electron chi connectivity index (χ0n) is 5.34. The van der Waals surface area contributed by atoms with Crippen molar-refractivity contribution in [2.45, 2.75) is 19.4 Å².